The number of hydrogen-bond acceptors (Lipinski definition) is 2. The molecule has 0 unspecified atom stereocenters. The van der Waals surface area contributed by atoms with E-state index in [1.807, 2.05) is 25.2 Å². The fourth-order valence-electron chi connectivity index (χ4n) is 1.79. The van der Waals surface area contributed by atoms with E-state index in [1.165, 1.54) is 18.2 Å². The number of phenolic OH excluding ortho intramolecular Hbond substituents is 1. The second-order valence-corrected chi connectivity index (χ2v) is 4.87. The third kappa shape index (κ3) is 2.82. The molecule has 0 aliphatic carbocycles. The van der Waals surface area contributed by atoms with Gasteiger partial charge in [-0.05, 0) is 51.8 Å². The van der Waals surface area contributed by atoms with E-state index < -0.39 is 0 Å². The minimum Gasteiger partial charge on any atom is -0.508 e. The minimum absolute atomic E-state index is 0.116. The Hall–Kier alpha value is -1.55. The fraction of sp³-hybridized carbons (Fsp3) is 0.143. The molecule has 0 amide bonds. The van der Waals surface area contributed by atoms with Gasteiger partial charge in [0.2, 0.25) is 0 Å². The van der Waals surface area contributed by atoms with Gasteiger partial charge in [-0.15, -0.1) is 0 Å². The molecule has 0 saturated carbocycles. The van der Waals surface area contributed by atoms with Crippen LogP contribution < -0.4 is 5.32 Å². The molecule has 0 fully saturated rings. The average Bonchev–Trinajstić information content (AvgIpc) is 2.34. The summed E-state index contributed by atoms with van der Waals surface area (Å²) in [5.74, 6) is -0.223. The molecule has 0 aliphatic heterocycles. The summed E-state index contributed by atoms with van der Waals surface area (Å²) in [6.45, 7) is 0. The quantitative estimate of drug-likeness (QED) is 0.900. The van der Waals surface area contributed by atoms with Crippen molar-refractivity contribution in [1.82, 2.24) is 0 Å². The van der Waals surface area contributed by atoms with E-state index >= 15 is 0 Å². The SMILES string of the molecule is CNc1ccc(Cc2cc(F)ccc2O)cc1Br. The van der Waals surface area contributed by atoms with Gasteiger partial charge in [0.25, 0.3) is 0 Å². The Bertz CT molecular complexity index is 572. The number of benzene rings is 2. The van der Waals surface area contributed by atoms with Crippen LogP contribution >= 0.6 is 15.9 Å². The first-order valence-electron chi connectivity index (χ1n) is 5.53. The third-order valence-corrected chi connectivity index (χ3v) is 3.40. The molecule has 2 N–H and O–H groups in total. The molecular weight excluding hydrogens is 297 g/mol. The summed E-state index contributed by atoms with van der Waals surface area (Å²) in [6, 6.07) is 9.82. The van der Waals surface area contributed by atoms with Gasteiger partial charge in [-0.25, -0.2) is 4.39 Å². The standard InChI is InChI=1S/C14H13BrFNO/c1-17-13-4-2-9(7-12(13)15)6-10-8-11(16)3-5-14(10)18/h2-5,7-8,17-18H,6H2,1H3. The lowest BCUT2D eigenvalue weighted by Gasteiger charge is -2.08. The van der Waals surface area contributed by atoms with Crippen molar-refractivity contribution in [3.63, 3.8) is 0 Å². The molecule has 2 nitrogen and oxygen atoms in total. The van der Waals surface area contributed by atoms with Gasteiger partial charge in [0.1, 0.15) is 11.6 Å². The van der Waals surface area contributed by atoms with E-state index in [2.05, 4.69) is 21.2 Å². The molecule has 0 saturated heterocycles. The van der Waals surface area contributed by atoms with Gasteiger partial charge in [0.15, 0.2) is 0 Å². The van der Waals surface area contributed by atoms with Crippen molar-refractivity contribution in [2.45, 2.75) is 6.42 Å². The third-order valence-electron chi connectivity index (χ3n) is 2.74. The van der Waals surface area contributed by atoms with Crippen molar-refractivity contribution >= 4 is 21.6 Å². The van der Waals surface area contributed by atoms with Gasteiger partial charge < -0.3 is 10.4 Å². The topological polar surface area (TPSA) is 32.3 Å². The number of anilines is 1. The Morgan fingerprint density at radius 1 is 1.22 bits per heavy atom. The van der Waals surface area contributed by atoms with Crippen LogP contribution in [0, 0.1) is 5.82 Å². The molecule has 0 radical (unpaired) electrons. The zero-order valence-corrected chi connectivity index (χ0v) is 11.5. The van der Waals surface area contributed by atoms with Crippen LogP contribution in [0.1, 0.15) is 11.1 Å². The first kappa shape index (κ1) is 12.9. The minimum atomic E-state index is -0.339. The molecular formula is C14H13BrFNO. The highest BCUT2D eigenvalue weighted by molar-refractivity contribution is 9.10. The summed E-state index contributed by atoms with van der Waals surface area (Å²) >= 11 is 3.45. The Kier molecular flexibility index (Phi) is 3.87. The molecule has 0 atom stereocenters. The van der Waals surface area contributed by atoms with Crippen molar-refractivity contribution in [3.8, 4) is 5.75 Å². The van der Waals surface area contributed by atoms with Crippen LogP contribution in [0.4, 0.5) is 10.1 Å². The van der Waals surface area contributed by atoms with Crippen LogP contribution in [0.5, 0.6) is 5.75 Å². The second kappa shape index (κ2) is 5.40. The zero-order valence-electron chi connectivity index (χ0n) is 9.87. The molecule has 0 bridgehead atoms. The first-order valence-corrected chi connectivity index (χ1v) is 6.33. The summed E-state index contributed by atoms with van der Waals surface area (Å²) in [5, 5.41) is 12.7. The van der Waals surface area contributed by atoms with Crippen LogP contribution in [0.25, 0.3) is 0 Å². The summed E-state index contributed by atoms with van der Waals surface area (Å²) in [4.78, 5) is 0. The Labute approximate surface area is 114 Å². The summed E-state index contributed by atoms with van der Waals surface area (Å²) < 4.78 is 14.1. The highest BCUT2D eigenvalue weighted by Crippen LogP contribution is 2.26. The van der Waals surface area contributed by atoms with Crippen LogP contribution in [-0.4, -0.2) is 12.2 Å². The van der Waals surface area contributed by atoms with Crippen molar-refractivity contribution in [2.75, 3.05) is 12.4 Å². The number of nitrogens with one attached hydrogen (secondary N) is 1. The number of halogens is 2. The van der Waals surface area contributed by atoms with E-state index in [-0.39, 0.29) is 11.6 Å². The molecule has 0 heterocycles. The fourth-order valence-corrected chi connectivity index (χ4v) is 2.41. The molecule has 4 heteroatoms. The predicted octanol–water partition coefficient (Wildman–Crippen LogP) is 3.93. The lowest BCUT2D eigenvalue weighted by atomic mass is 10.0. The molecule has 0 aromatic heterocycles. The van der Waals surface area contributed by atoms with Crippen LogP contribution in [-0.2, 0) is 6.42 Å². The van der Waals surface area contributed by atoms with Crippen molar-refractivity contribution < 1.29 is 9.50 Å². The van der Waals surface area contributed by atoms with E-state index in [0.29, 0.717) is 12.0 Å². The Morgan fingerprint density at radius 2 is 2.00 bits per heavy atom. The van der Waals surface area contributed by atoms with Crippen LogP contribution in [0.3, 0.4) is 0 Å². The van der Waals surface area contributed by atoms with Crippen LogP contribution in [0.15, 0.2) is 40.9 Å². The first-order chi connectivity index (χ1) is 8.60. The second-order valence-electron chi connectivity index (χ2n) is 4.01. The maximum Gasteiger partial charge on any atom is 0.123 e. The Balaban J connectivity index is 2.28. The molecule has 18 heavy (non-hydrogen) atoms. The normalized spacial score (nSPS) is 10.4. The number of phenols is 1. The van der Waals surface area contributed by atoms with Gasteiger partial charge >= 0.3 is 0 Å². The highest BCUT2D eigenvalue weighted by atomic mass is 79.9. The lowest BCUT2D eigenvalue weighted by Crippen LogP contribution is -1.93. The Morgan fingerprint density at radius 3 is 2.67 bits per heavy atom. The van der Waals surface area contributed by atoms with Gasteiger partial charge in [0.05, 0.1) is 0 Å². The van der Waals surface area contributed by atoms with E-state index in [4.69, 9.17) is 0 Å². The van der Waals surface area contributed by atoms with Gasteiger partial charge in [-0.2, -0.15) is 0 Å². The average molecular weight is 310 g/mol. The van der Waals surface area contributed by atoms with Gasteiger partial charge in [0, 0.05) is 29.2 Å². The van der Waals surface area contributed by atoms with E-state index in [1.54, 1.807) is 0 Å². The van der Waals surface area contributed by atoms with Crippen molar-refractivity contribution in [2.24, 2.45) is 0 Å². The van der Waals surface area contributed by atoms with Gasteiger partial charge in [-0.1, -0.05) is 6.07 Å². The van der Waals surface area contributed by atoms with Crippen LogP contribution in [0.2, 0.25) is 0 Å². The molecule has 0 spiro atoms. The van der Waals surface area contributed by atoms with E-state index in [9.17, 15) is 9.50 Å². The number of hydrogen-bond donors (Lipinski definition) is 2. The summed E-state index contributed by atoms with van der Waals surface area (Å²) in [6.07, 6.45) is 0.492. The van der Waals surface area contributed by atoms with E-state index in [0.717, 1.165) is 15.7 Å². The zero-order chi connectivity index (χ0) is 13.1. The molecule has 2 rings (SSSR count). The molecule has 2 aromatic rings. The van der Waals surface area contributed by atoms with Crippen molar-refractivity contribution in [3.05, 3.63) is 57.8 Å². The molecule has 0 aliphatic rings. The smallest absolute Gasteiger partial charge is 0.123 e. The summed E-state index contributed by atoms with van der Waals surface area (Å²) in [5.41, 5.74) is 2.57. The van der Waals surface area contributed by atoms with Gasteiger partial charge in [-0.3, -0.25) is 0 Å². The maximum absolute atomic E-state index is 13.1. The molecule has 94 valence electrons. The summed E-state index contributed by atoms with van der Waals surface area (Å²) in [7, 11) is 1.85. The number of aromatic hydroxyl groups is 1. The highest BCUT2D eigenvalue weighted by Gasteiger charge is 2.06. The number of rotatable bonds is 3. The predicted molar refractivity (Wildman–Crippen MR) is 74.6 cm³/mol. The van der Waals surface area contributed by atoms with Crippen molar-refractivity contribution in [1.29, 1.82) is 0 Å². The molecule has 2 aromatic carbocycles. The largest absolute Gasteiger partial charge is 0.508 e. The lowest BCUT2D eigenvalue weighted by molar-refractivity contribution is 0.467. The monoisotopic (exact) mass is 309 g/mol. The maximum atomic E-state index is 13.1.